The van der Waals surface area contributed by atoms with Crippen LogP contribution in [0.15, 0.2) is 23.8 Å². The maximum absolute atomic E-state index is 12.6. The third kappa shape index (κ3) is 2.26. The van der Waals surface area contributed by atoms with Crippen molar-refractivity contribution in [3.63, 3.8) is 0 Å². The van der Waals surface area contributed by atoms with E-state index in [1.54, 1.807) is 7.11 Å². The van der Waals surface area contributed by atoms with Crippen LogP contribution in [0.2, 0.25) is 0 Å². The number of carbonyl (C=O) groups excluding carboxylic acids is 2. The lowest BCUT2D eigenvalue weighted by Crippen LogP contribution is -2.39. The number of ketones is 1. The van der Waals surface area contributed by atoms with Crippen molar-refractivity contribution in [1.82, 2.24) is 0 Å². The van der Waals surface area contributed by atoms with E-state index in [1.807, 2.05) is 12.1 Å². The number of carbonyl (C=O) groups is 2. The number of Topliss-reactive ketones (excluding diaryl/α,β-unsaturated/α-hetero) is 1. The summed E-state index contributed by atoms with van der Waals surface area (Å²) in [6, 6.07) is 6.12. The summed E-state index contributed by atoms with van der Waals surface area (Å²) in [4.78, 5) is 25.1. The van der Waals surface area contributed by atoms with E-state index in [1.165, 1.54) is 23.8 Å². The Morgan fingerprint density at radius 3 is 2.76 bits per heavy atom. The van der Waals surface area contributed by atoms with E-state index in [-0.39, 0.29) is 23.2 Å². The Morgan fingerprint density at radius 1 is 1.24 bits per heavy atom. The fourth-order valence-corrected chi connectivity index (χ4v) is 5.21. The molecule has 0 aliphatic heterocycles. The van der Waals surface area contributed by atoms with Gasteiger partial charge in [-0.3, -0.25) is 9.59 Å². The first kappa shape index (κ1) is 16.4. The molecule has 1 fully saturated rings. The van der Waals surface area contributed by atoms with E-state index in [0.717, 1.165) is 30.6 Å². The molecule has 3 aliphatic carbocycles. The van der Waals surface area contributed by atoms with Crippen molar-refractivity contribution in [2.45, 2.75) is 39.0 Å². The molecule has 1 aromatic rings. The Labute approximate surface area is 148 Å². The molecule has 0 N–H and O–H groups in total. The van der Waals surface area contributed by atoms with Gasteiger partial charge in [0.2, 0.25) is 0 Å². The minimum absolute atomic E-state index is 0.170. The van der Waals surface area contributed by atoms with Gasteiger partial charge in [-0.2, -0.15) is 0 Å². The number of ether oxygens (including phenoxy) is 2. The second-order valence-corrected chi connectivity index (χ2v) is 7.67. The van der Waals surface area contributed by atoms with E-state index < -0.39 is 0 Å². The van der Waals surface area contributed by atoms with Crippen LogP contribution in [0.25, 0.3) is 5.57 Å². The van der Waals surface area contributed by atoms with Gasteiger partial charge in [-0.15, -0.1) is 0 Å². The molecule has 4 heteroatoms. The Kier molecular flexibility index (Phi) is 3.75. The van der Waals surface area contributed by atoms with Crippen molar-refractivity contribution in [2.24, 2.45) is 17.3 Å². The van der Waals surface area contributed by atoms with E-state index in [0.29, 0.717) is 18.6 Å². The van der Waals surface area contributed by atoms with E-state index in [2.05, 4.69) is 13.0 Å². The maximum atomic E-state index is 12.6. The first-order valence-corrected chi connectivity index (χ1v) is 9.01. The number of rotatable bonds is 2. The zero-order valence-electron chi connectivity index (χ0n) is 15.1. The zero-order chi connectivity index (χ0) is 17.8. The van der Waals surface area contributed by atoms with Crippen molar-refractivity contribution in [2.75, 3.05) is 14.2 Å². The Balaban J connectivity index is 1.89. The molecule has 3 aliphatic rings. The quantitative estimate of drug-likeness (QED) is 0.772. The van der Waals surface area contributed by atoms with E-state index in [9.17, 15) is 9.59 Å². The molecule has 0 radical (unpaired) electrons. The van der Waals surface area contributed by atoms with Crippen LogP contribution in [-0.2, 0) is 20.7 Å². The normalized spacial score (nSPS) is 30.4. The van der Waals surface area contributed by atoms with Crippen LogP contribution >= 0.6 is 0 Å². The fourth-order valence-electron chi connectivity index (χ4n) is 5.21. The number of fused-ring (bicyclic) bond motifs is 4. The summed E-state index contributed by atoms with van der Waals surface area (Å²) in [6.45, 7) is 2.09. The summed E-state index contributed by atoms with van der Waals surface area (Å²) in [6.07, 6.45) is 3.82. The Morgan fingerprint density at radius 2 is 2.04 bits per heavy atom. The molecule has 25 heavy (non-hydrogen) atoms. The predicted octanol–water partition coefficient (Wildman–Crippen LogP) is 3.57. The van der Waals surface area contributed by atoms with Crippen LogP contribution in [0.1, 0.15) is 43.7 Å². The standard InChI is InChI=1S/C21H24O4/c1-21-9-8-15-14-5-4-13(24-2)10-12(14)11-16(20(23)25-3)19(15)17(21)6-7-18(21)22/h4-5,10,16-17H,6-9,11H2,1-3H3/t16-,17-,21+/m1/s1. The van der Waals surface area contributed by atoms with Crippen LogP contribution in [0.3, 0.4) is 0 Å². The third-order valence-electron chi connectivity index (χ3n) is 6.61. The molecule has 0 amide bonds. The van der Waals surface area contributed by atoms with Gasteiger partial charge in [0.25, 0.3) is 0 Å². The highest BCUT2D eigenvalue weighted by Gasteiger charge is 2.53. The van der Waals surface area contributed by atoms with Crippen LogP contribution in [0.4, 0.5) is 0 Å². The number of allylic oxidation sites excluding steroid dienone is 1. The maximum Gasteiger partial charge on any atom is 0.313 e. The lowest BCUT2D eigenvalue weighted by atomic mass is 9.60. The van der Waals surface area contributed by atoms with Crippen molar-refractivity contribution in [3.8, 4) is 5.75 Å². The minimum Gasteiger partial charge on any atom is -0.497 e. The number of esters is 1. The van der Waals surface area contributed by atoms with Crippen molar-refractivity contribution in [1.29, 1.82) is 0 Å². The number of methoxy groups -OCH3 is 2. The lowest BCUT2D eigenvalue weighted by Gasteiger charge is -2.43. The fraction of sp³-hybridized carbons (Fsp3) is 0.524. The largest absolute Gasteiger partial charge is 0.497 e. The van der Waals surface area contributed by atoms with Crippen molar-refractivity contribution >= 4 is 17.3 Å². The summed E-state index contributed by atoms with van der Waals surface area (Å²) < 4.78 is 10.5. The highest BCUT2D eigenvalue weighted by atomic mass is 16.5. The monoisotopic (exact) mass is 340 g/mol. The number of hydrogen-bond donors (Lipinski definition) is 0. The zero-order valence-corrected chi connectivity index (χ0v) is 15.1. The van der Waals surface area contributed by atoms with Gasteiger partial charge in [0, 0.05) is 11.8 Å². The Hall–Kier alpha value is -2.10. The van der Waals surface area contributed by atoms with E-state index in [4.69, 9.17) is 9.47 Å². The van der Waals surface area contributed by atoms with Gasteiger partial charge in [0.15, 0.2) is 0 Å². The highest BCUT2D eigenvalue weighted by molar-refractivity contribution is 5.92. The lowest BCUT2D eigenvalue weighted by molar-refractivity contribution is -0.144. The number of hydrogen-bond acceptors (Lipinski definition) is 4. The average Bonchev–Trinajstić information content (AvgIpc) is 2.94. The molecule has 4 rings (SSSR count). The molecular formula is C21H24O4. The molecular weight excluding hydrogens is 316 g/mol. The molecule has 0 heterocycles. The SMILES string of the molecule is COC(=O)[C@@H]1Cc2cc(OC)ccc2C2=C1[C@H]1CCC(=O)[C@@]1(C)CC2. The van der Waals surface area contributed by atoms with Crippen molar-refractivity contribution in [3.05, 3.63) is 34.9 Å². The molecule has 132 valence electrons. The summed E-state index contributed by atoms with van der Waals surface area (Å²) >= 11 is 0. The van der Waals surface area contributed by atoms with Gasteiger partial charge in [-0.05, 0) is 66.0 Å². The summed E-state index contributed by atoms with van der Waals surface area (Å²) in [5.74, 6) is 0.860. The molecule has 0 bridgehead atoms. The van der Waals surface area contributed by atoms with Gasteiger partial charge in [-0.25, -0.2) is 0 Å². The van der Waals surface area contributed by atoms with Crippen LogP contribution in [0.5, 0.6) is 5.75 Å². The minimum atomic E-state index is -0.310. The smallest absolute Gasteiger partial charge is 0.313 e. The van der Waals surface area contributed by atoms with Crippen LogP contribution in [0, 0.1) is 17.3 Å². The predicted molar refractivity (Wildman–Crippen MR) is 94.2 cm³/mol. The molecule has 4 nitrogen and oxygen atoms in total. The number of benzene rings is 1. The van der Waals surface area contributed by atoms with Crippen LogP contribution < -0.4 is 4.74 Å². The van der Waals surface area contributed by atoms with Gasteiger partial charge in [-0.1, -0.05) is 13.0 Å². The second kappa shape index (κ2) is 5.72. The second-order valence-electron chi connectivity index (χ2n) is 7.67. The summed E-state index contributed by atoms with van der Waals surface area (Å²) in [7, 11) is 3.11. The molecule has 0 aromatic heterocycles. The highest BCUT2D eigenvalue weighted by Crippen LogP contribution is 2.58. The topological polar surface area (TPSA) is 52.6 Å². The molecule has 3 atom stereocenters. The molecule has 1 saturated carbocycles. The summed E-state index contributed by atoms with van der Waals surface area (Å²) in [5.41, 5.74) is 4.48. The molecule has 1 aromatic carbocycles. The van der Waals surface area contributed by atoms with Crippen LogP contribution in [-0.4, -0.2) is 26.0 Å². The first-order chi connectivity index (χ1) is 12.0. The van der Waals surface area contributed by atoms with Gasteiger partial charge >= 0.3 is 5.97 Å². The molecule has 0 saturated heterocycles. The van der Waals surface area contributed by atoms with E-state index >= 15 is 0 Å². The van der Waals surface area contributed by atoms with Gasteiger partial charge in [0.05, 0.1) is 20.1 Å². The van der Waals surface area contributed by atoms with Crippen molar-refractivity contribution < 1.29 is 19.1 Å². The van der Waals surface area contributed by atoms with Gasteiger partial charge in [0.1, 0.15) is 11.5 Å². The van der Waals surface area contributed by atoms with Gasteiger partial charge < -0.3 is 9.47 Å². The Bertz CT molecular complexity index is 791. The average molecular weight is 340 g/mol. The third-order valence-corrected chi connectivity index (χ3v) is 6.61. The summed E-state index contributed by atoms with van der Waals surface area (Å²) in [5, 5.41) is 0. The first-order valence-electron chi connectivity index (χ1n) is 9.01. The molecule has 0 unspecified atom stereocenters. The molecule has 0 spiro atoms.